The highest BCUT2D eigenvalue weighted by Crippen LogP contribution is 2.34. The molecule has 5 nitrogen and oxygen atoms in total. The van der Waals surface area contributed by atoms with Crippen molar-refractivity contribution in [2.45, 2.75) is 18.9 Å². The Balaban J connectivity index is 1.71. The predicted octanol–water partition coefficient (Wildman–Crippen LogP) is 1.53. The number of fused-ring (bicyclic) bond motifs is 1. The van der Waals surface area contributed by atoms with Crippen LogP contribution in [0.15, 0.2) is 18.2 Å². The van der Waals surface area contributed by atoms with Crippen LogP contribution in [0.4, 0.5) is 11.4 Å². The van der Waals surface area contributed by atoms with E-state index in [1.54, 1.807) is 0 Å². The number of carbonyl (C=O) groups is 1. The highest BCUT2D eigenvalue weighted by Gasteiger charge is 2.28. The Labute approximate surface area is 118 Å². The van der Waals surface area contributed by atoms with Crippen molar-refractivity contribution in [1.82, 2.24) is 0 Å². The van der Waals surface area contributed by atoms with Crippen LogP contribution in [0.3, 0.4) is 0 Å². The molecule has 2 aliphatic heterocycles. The SMILES string of the molecule is CN(CC1CCOCC1)c1ccc2c(c1)NC(=O)C2O. The van der Waals surface area contributed by atoms with Gasteiger partial charge in [0.1, 0.15) is 0 Å². The smallest absolute Gasteiger partial charge is 0.257 e. The highest BCUT2D eigenvalue weighted by molar-refractivity contribution is 6.02. The maximum atomic E-state index is 11.4. The van der Waals surface area contributed by atoms with Crippen molar-refractivity contribution in [3.8, 4) is 0 Å². The summed E-state index contributed by atoms with van der Waals surface area (Å²) in [5.41, 5.74) is 2.45. The summed E-state index contributed by atoms with van der Waals surface area (Å²) >= 11 is 0. The average molecular weight is 276 g/mol. The zero-order chi connectivity index (χ0) is 14.1. The fourth-order valence-corrected chi connectivity index (χ4v) is 2.89. The van der Waals surface area contributed by atoms with E-state index in [4.69, 9.17) is 4.74 Å². The van der Waals surface area contributed by atoms with Crippen LogP contribution in [0.2, 0.25) is 0 Å². The van der Waals surface area contributed by atoms with Crippen LogP contribution in [0.25, 0.3) is 0 Å². The Morgan fingerprint density at radius 2 is 2.15 bits per heavy atom. The number of hydrogen-bond acceptors (Lipinski definition) is 4. The molecule has 20 heavy (non-hydrogen) atoms. The molecular weight excluding hydrogens is 256 g/mol. The summed E-state index contributed by atoms with van der Waals surface area (Å²) in [6, 6.07) is 5.72. The number of nitrogens with one attached hydrogen (secondary N) is 1. The van der Waals surface area contributed by atoms with Crippen molar-refractivity contribution < 1.29 is 14.6 Å². The molecule has 5 heteroatoms. The van der Waals surface area contributed by atoms with Crippen LogP contribution in [0, 0.1) is 5.92 Å². The number of carbonyl (C=O) groups excluding carboxylic acids is 1. The number of amides is 1. The van der Waals surface area contributed by atoms with Gasteiger partial charge in [-0.2, -0.15) is 0 Å². The zero-order valence-electron chi connectivity index (χ0n) is 11.6. The number of nitrogens with zero attached hydrogens (tertiary/aromatic N) is 1. The molecule has 0 saturated carbocycles. The summed E-state index contributed by atoms with van der Waals surface area (Å²) in [7, 11) is 2.06. The molecule has 1 aromatic carbocycles. The Morgan fingerprint density at radius 1 is 1.40 bits per heavy atom. The standard InChI is InChI=1S/C15H20N2O3/c1-17(9-10-4-6-20-7-5-10)11-2-3-12-13(8-11)16-15(19)14(12)18/h2-3,8,10,14,18H,4-7,9H2,1H3,(H,16,19). The van der Waals surface area contributed by atoms with Crippen LogP contribution in [0.5, 0.6) is 0 Å². The summed E-state index contributed by atoms with van der Waals surface area (Å²) in [4.78, 5) is 13.6. The topological polar surface area (TPSA) is 61.8 Å². The maximum Gasteiger partial charge on any atom is 0.257 e. The Hall–Kier alpha value is -1.59. The molecule has 108 valence electrons. The van der Waals surface area contributed by atoms with Gasteiger partial charge in [-0.3, -0.25) is 4.79 Å². The molecule has 1 atom stereocenters. The van der Waals surface area contributed by atoms with Gasteiger partial charge in [-0.25, -0.2) is 0 Å². The summed E-state index contributed by atoms with van der Waals surface area (Å²) < 4.78 is 5.38. The van der Waals surface area contributed by atoms with Crippen LogP contribution in [-0.4, -0.2) is 37.8 Å². The number of aliphatic hydroxyl groups is 1. The van der Waals surface area contributed by atoms with Gasteiger partial charge in [-0.15, -0.1) is 0 Å². The Kier molecular flexibility index (Phi) is 3.63. The number of anilines is 2. The second-order valence-corrected chi connectivity index (χ2v) is 5.60. The monoisotopic (exact) mass is 276 g/mol. The van der Waals surface area contributed by atoms with Gasteiger partial charge >= 0.3 is 0 Å². The second-order valence-electron chi connectivity index (χ2n) is 5.60. The minimum atomic E-state index is -1.03. The summed E-state index contributed by atoms with van der Waals surface area (Å²) in [5, 5.41) is 12.4. The lowest BCUT2D eigenvalue weighted by Gasteiger charge is -2.28. The quantitative estimate of drug-likeness (QED) is 0.879. The summed E-state index contributed by atoms with van der Waals surface area (Å²) in [6.45, 7) is 2.69. The van der Waals surface area contributed by atoms with Gasteiger partial charge in [0.25, 0.3) is 5.91 Å². The van der Waals surface area contributed by atoms with Crippen LogP contribution < -0.4 is 10.2 Å². The fraction of sp³-hybridized carbons (Fsp3) is 0.533. The molecule has 0 bridgehead atoms. The maximum absolute atomic E-state index is 11.4. The molecule has 0 aliphatic carbocycles. The lowest BCUT2D eigenvalue weighted by Crippen LogP contribution is -2.29. The largest absolute Gasteiger partial charge is 0.381 e. The van der Waals surface area contributed by atoms with Crippen LogP contribution >= 0.6 is 0 Å². The van der Waals surface area contributed by atoms with E-state index in [2.05, 4.69) is 17.3 Å². The molecule has 1 fully saturated rings. The lowest BCUT2D eigenvalue weighted by atomic mass is 9.99. The molecule has 2 heterocycles. The number of hydrogen-bond donors (Lipinski definition) is 2. The van der Waals surface area contributed by atoms with Gasteiger partial charge in [0.05, 0.1) is 0 Å². The van der Waals surface area contributed by atoms with Crippen molar-refractivity contribution in [3.05, 3.63) is 23.8 Å². The van der Waals surface area contributed by atoms with Crippen molar-refractivity contribution in [2.24, 2.45) is 5.92 Å². The molecule has 2 aliphatic rings. The first kappa shape index (κ1) is 13.4. The summed E-state index contributed by atoms with van der Waals surface area (Å²) in [6.07, 6.45) is 1.18. The molecule has 1 saturated heterocycles. The minimum absolute atomic E-state index is 0.343. The van der Waals surface area contributed by atoms with Gasteiger partial charge in [0.15, 0.2) is 6.10 Å². The molecule has 0 spiro atoms. The molecule has 2 N–H and O–H groups in total. The highest BCUT2D eigenvalue weighted by atomic mass is 16.5. The van der Waals surface area contributed by atoms with Gasteiger partial charge in [-0.05, 0) is 30.9 Å². The summed E-state index contributed by atoms with van der Waals surface area (Å²) in [5.74, 6) is 0.311. The van der Waals surface area contributed by atoms with E-state index >= 15 is 0 Å². The van der Waals surface area contributed by atoms with E-state index in [0.717, 1.165) is 44.0 Å². The zero-order valence-corrected chi connectivity index (χ0v) is 11.6. The first-order valence-electron chi connectivity index (χ1n) is 7.07. The number of rotatable bonds is 3. The van der Waals surface area contributed by atoms with Crippen molar-refractivity contribution in [3.63, 3.8) is 0 Å². The normalized spacial score (nSPS) is 22.5. The molecule has 1 amide bonds. The van der Waals surface area contributed by atoms with E-state index in [1.807, 2.05) is 18.2 Å². The third-order valence-electron chi connectivity index (χ3n) is 4.15. The third kappa shape index (κ3) is 2.51. The molecule has 3 rings (SSSR count). The minimum Gasteiger partial charge on any atom is -0.381 e. The van der Waals surface area contributed by atoms with Gasteiger partial charge in [0.2, 0.25) is 0 Å². The van der Waals surface area contributed by atoms with Gasteiger partial charge in [-0.1, -0.05) is 6.07 Å². The van der Waals surface area contributed by atoms with E-state index < -0.39 is 6.10 Å². The number of ether oxygens (including phenoxy) is 1. The van der Waals surface area contributed by atoms with E-state index in [0.29, 0.717) is 11.5 Å². The molecule has 0 aromatic heterocycles. The van der Waals surface area contributed by atoms with E-state index in [1.165, 1.54) is 0 Å². The Morgan fingerprint density at radius 3 is 2.90 bits per heavy atom. The molecule has 0 radical (unpaired) electrons. The lowest BCUT2D eigenvalue weighted by molar-refractivity contribution is -0.123. The predicted molar refractivity (Wildman–Crippen MR) is 76.8 cm³/mol. The van der Waals surface area contributed by atoms with E-state index in [9.17, 15) is 9.90 Å². The first-order chi connectivity index (χ1) is 9.65. The first-order valence-corrected chi connectivity index (χ1v) is 7.07. The molecular formula is C15H20N2O3. The van der Waals surface area contributed by atoms with Gasteiger partial charge < -0.3 is 20.1 Å². The van der Waals surface area contributed by atoms with Crippen molar-refractivity contribution >= 4 is 17.3 Å². The fourth-order valence-electron chi connectivity index (χ4n) is 2.89. The van der Waals surface area contributed by atoms with Crippen molar-refractivity contribution in [2.75, 3.05) is 37.0 Å². The van der Waals surface area contributed by atoms with E-state index in [-0.39, 0.29) is 5.91 Å². The number of aliphatic hydroxyl groups excluding tert-OH is 1. The number of benzene rings is 1. The molecule has 1 aromatic rings. The molecule has 1 unspecified atom stereocenters. The third-order valence-corrected chi connectivity index (χ3v) is 4.15. The Bertz CT molecular complexity index is 512. The van der Waals surface area contributed by atoms with Crippen molar-refractivity contribution in [1.29, 1.82) is 0 Å². The average Bonchev–Trinajstić information content (AvgIpc) is 2.74. The van der Waals surface area contributed by atoms with Crippen LogP contribution in [0.1, 0.15) is 24.5 Å². The second kappa shape index (κ2) is 5.42. The van der Waals surface area contributed by atoms with Gasteiger partial charge in [0, 0.05) is 43.7 Å². The van der Waals surface area contributed by atoms with Crippen LogP contribution in [-0.2, 0) is 9.53 Å².